The summed E-state index contributed by atoms with van der Waals surface area (Å²) in [6, 6.07) is 13.3. The highest BCUT2D eigenvalue weighted by Crippen LogP contribution is 2.37. The molecule has 0 radical (unpaired) electrons. The molecule has 3 heteroatoms. The molecule has 0 spiro atoms. The minimum Gasteiger partial charge on any atom is -0.0786 e. The quantitative estimate of drug-likeness (QED) is 0.320. The van der Waals surface area contributed by atoms with E-state index in [0.29, 0.717) is 0 Å². The Morgan fingerprint density at radius 1 is 1.00 bits per heavy atom. The molecule has 2 rings (SSSR count). The molecule has 0 aliphatic carbocycles. The molecule has 0 N–H and O–H groups in total. The molecule has 0 saturated heterocycles. The van der Waals surface area contributed by atoms with E-state index in [9.17, 15) is 0 Å². The van der Waals surface area contributed by atoms with Crippen LogP contribution in [0.2, 0.25) is 0 Å². The molecule has 20 heavy (non-hydrogen) atoms. The third kappa shape index (κ3) is 3.66. The molecule has 1 atom stereocenters. The second-order valence-electron chi connectivity index (χ2n) is 4.77. The Labute approximate surface area is 151 Å². The maximum Gasteiger partial charge on any atom is 0.0658 e. The monoisotopic (exact) mass is 506 g/mol. The second-order valence-corrected chi connectivity index (χ2v) is 7.76. The van der Waals surface area contributed by atoms with Crippen LogP contribution in [0, 0.1) is 3.57 Å². The molecule has 0 aliphatic heterocycles. The van der Waals surface area contributed by atoms with Gasteiger partial charge in [-0.05, 0) is 75.9 Å². The summed E-state index contributed by atoms with van der Waals surface area (Å²) in [7, 11) is 0. The van der Waals surface area contributed by atoms with Gasteiger partial charge >= 0.3 is 0 Å². The SMILES string of the molecule is CCc1ccc(CC)c(C(Br)c2cc(Br)ccc2I)c1. The van der Waals surface area contributed by atoms with Gasteiger partial charge in [0.2, 0.25) is 0 Å². The van der Waals surface area contributed by atoms with Crippen molar-refractivity contribution in [3.05, 3.63) is 66.7 Å². The predicted octanol–water partition coefficient (Wildman–Crippen LogP) is 6.66. The molecule has 106 valence electrons. The van der Waals surface area contributed by atoms with E-state index < -0.39 is 0 Å². The van der Waals surface area contributed by atoms with Gasteiger partial charge in [-0.2, -0.15) is 0 Å². The molecule has 0 aliphatic rings. The molecule has 1 unspecified atom stereocenters. The summed E-state index contributed by atoms with van der Waals surface area (Å²) in [5.41, 5.74) is 5.53. The number of hydrogen-bond acceptors (Lipinski definition) is 0. The first-order valence-electron chi connectivity index (χ1n) is 6.77. The Morgan fingerprint density at radius 2 is 1.75 bits per heavy atom. The van der Waals surface area contributed by atoms with Crippen LogP contribution in [0.5, 0.6) is 0 Å². The summed E-state index contributed by atoms with van der Waals surface area (Å²) in [6.07, 6.45) is 2.14. The number of alkyl halides is 1. The lowest BCUT2D eigenvalue weighted by molar-refractivity contribution is 1.03. The van der Waals surface area contributed by atoms with Crippen molar-refractivity contribution < 1.29 is 0 Å². The summed E-state index contributed by atoms with van der Waals surface area (Å²) in [5, 5.41) is 0. The lowest BCUT2D eigenvalue weighted by Gasteiger charge is -2.18. The average molecular weight is 508 g/mol. The number of benzene rings is 2. The van der Waals surface area contributed by atoms with Crippen molar-refractivity contribution in [1.82, 2.24) is 0 Å². The van der Waals surface area contributed by atoms with Crippen molar-refractivity contribution >= 4 is 54.5 Å². The smallest absolute Gasteiger partial charge is 0.0658 e. The van der Waals surface area contributed by atoms with Crippen LogP contribution < -0.4 is 0 Å². The van der Waals surface area contributed by atoms with Gasteiger partial charge in [-0.1, -0.05) is 63.9 Å². The molecule has 2 aromatic rings. The second kappa shape index (κ2) is 7.41. The van der Waals surface area contributed by atoms with Crippen molar-refractivity contribution in [2.75, 3.05) is 0 Å². The maximum atomic E-state index is 3.91. The fourth-order valence-corrected chi connectivity index (χ4v) is 4.56. The van der Waals surface area contributed by atoms with E-state index in [2.05, 4.69) is 105 Å². The zero-order valence-electron chi connectivity index (χ0n) is 11.6. The number of hydrogen-bond donors (Lipinski definition) is 0. The van der Waals surface area contributed by atoms with E-state index in [1.165, 1.54) is 25.8 Å². The van der Waals surface area contributed by atoms with Crippen molar-refractivity contribution in [1.29, 1.82) is 0 Å². The van der Waals surface area contributed by atoms with Gasteiger partial charge in [0.1, 0.15) is 0 Å². The highest BCUT2D eigenvalue weighted by molar-refractivity contribution is 14.1. The van der Waals surface area contributed by atoms with Gasteiger partial charge in [0, 0.05) is 8.04 Å². The normalized spacial score (nSPS) is 12.4. The molecule has 0 amide bonds. The van der Waals surface area contributed by atoms with Crippen molar-refractivity contribution in [3.63, 3.8) is 0 Å². The molecule has 0 heterocycles. The van der Waals surface area contributed by atoms with E-state index in [1.807, 2.05) is 0 Å². The summed E-state index contributed by atoms with van der Waals surface area (Å²) in [6.45, 7) is 4.42. The molecular weight excluding hydrogens is 491 g/mol. The summed E-state index contributed by atoms with van der Waals surface area (Å²) >= 11 is 9.90. The van der Waals surface area contributed by atoms with E-state index in [0.717, 1.165) is 17.3 Å². The van der Waals surface area contributed by atoms with E-state index in [1.54, 1.807) is 0 Å². The maximum absolute atomic E-state index is 3.91. The first-order chi connectivity index (χ1) is 9.56. The van der Waals surface area contributed by atoms with Gasteiger partial charge in [0.05, 0.1) is 4.83 Å². The summed E-state index contributed by atoms with van der Waals surface area (Å²) in [4.78, 5) is 0.244. The highest BCUT2D eigenvalue weighted by Gasteiger charge is 2.17. The Morgan fingerprint density at radius 3 is 2.40 bits per heavy atom. The molecule has 0 bridgehead atoms. The third-order valence-corrected chi connectivity index (χ3v) is 5.97. The van der Waals surface area contributed by atoms with Crippen LogP contribution in [-0.4, -0.2) is 0 Å². The van der Waals surface area contributed by atoms with Crippen molar-refractivity contribution in [3.8, 4) is 0 Å². The van der Waals surface area contributed by atoms with Gasteiger partial charge < -0.3 is 0 Å². The summed E-state index contributed by atoms with van der Waals surface area (Å²) < 4.78 is 2.42. The molecule has 0 saturated carbocycles. The Kier molecular flexibility index (Phi) is 6.11. The first kappa shape index (κ1) is 16.5. The predicted molar refractivity (Wildman–Crippen MR) is 103 cm³/mol. The zero-order chi connectivity index (χ0) is 14.7. The number of halogens is 3. The minimum atomic E-state index is 0.244. The van der Waals surface area contributed by atoms with Crippen LogP contribution in [0.1, 0.15) is 40.9 Å². The van der Waals surface area contributed by atoms with Gasteiger partial charge in [-0.15, -0.1) is 0 Å². The van der Waals surface area contributed by atoms with Crippen LogP contribution in [0.25, 0.3) is 0 Å². The fourth-order valence-electron chi connectivity index (χ4n) is 2.30. The van der Waals surface area contributed by atoms with Gasteiger partial charge in [0.25, 0.3) is 0 Å². The Bertz CT molecular complexity index is 608. The van der Waals surface area contributed by atoms with Gasteiger partial charge in [0.15, 0.2) is 0 Å². The summed E-state index contributed by atoms with van der Waals surface area (Å²) in [5.74, 6) is 0. The standard InChI is InChI=1S/C17H17Br2I/c1-3-11-5-6-12(4-2)14(9-11)17(19)15-10-13(18)7-8-16(15)20/h5-10,17H,3-4H2,1-2H3. The van der Waals surface area contributed by atoms with Gasteiger partial charge in [-0.3, -0.25) is 0 Å². The number of rotatable bonds is 4. The zero-order valence-corrected chi connectivity index (χ0v) is 16.9. The van der Waals surface area contributed by atoms with Crippen molar-refractivity contribution in [2.24, 2.45) is 0 Å². The lowest BCUT2D eigenvalue weighted by atomic mass is 9.95. The first-order valence-corrected chi connectivity index (χ1v) is 9.56. The van der Waals surface area contributed by atoms with Crippen molar-refractivity contribution in [2.45, 2.75) is 31.5 Å². The average Bonchev–Trinajstić information content (AvgIpc) is 2.48. The van der Waals surface area contributed by atoms with Crippen LogP contribution in [-0.2, 0) is 12.8 Å². The Balaban J connectivity index is 2.51. The lowest BCUT2D eigenvalue weighted by Crippen LogP contribution is -2.01. The third-order valence-electron chi connectivity index (χ3n) is 3.50. The van der Waals surface area contributed by atoms with E-state index >= 15 is 0 Å². The molecule has 0 fully saturated rings. The van der Waals surface area contributed by atoms with Crippen LogP contribution in [0.15, 0.2) is 40.9 Å². The molecule has 0 nitrogen and oxygen atoms in total. The molecule has 0 aromatic heterocycles. The molecule has 2 aromatic carbocycles. The van der Waals surface area contributed by atoms with Gasteiger partial charge in [-0.25, -0.2) is 0 Å². The number of aryl methyl sites for hydroxylation is 2. The van der Waals surface area contributed by atoms with E-state index in [4.69, 9.17) is 0 Å². The largest absolute Gasteiger partial charge is 0.0786 e. The Hall–Kier alpha value is 0.130. The molecular formula is C17H17Br2I. The van der Waals surface area contributed by atoms with E-state index in [-0.39, 0.29) is 4.83 Å². The van der Waals surface area contributed by atoms with Crippen LogP contribution in [0.3, 0.4) is 0 Å². The topological polar surface area (TPSA) is 0 Å². The van der Waals surface area contributed by atoms with Crippen LogP contribution in [0.4, 0.5) is 0 Å². The highest BCUT2D eigenvalue weighted by atomic mass is 127. The van der Waals surface area contributed by atoms with Crippen LogP contribution >= 0.6 is 54.5 Å². The minimum absolute atomic E-state index is 0.244. The fraction of sp³-hybridized carbons (Fsp3) is 0.294.